The van der Waals surface area contributed by atoms with Crippen molar-refractivity contribution < 1.29 is 0 Å². The van der Waals surface area contributed by atoms with Crippen molar-refractivity contribution >= 4 is 82.8 Å². The molecule has 0 radical (unpaired) electrons. The van der Waals surface area contributed by atoms with Gasteiger partial charge in [0.1, 0.15) is 0 Å². The van der Waals surface area contributed by atoms with Crippen LogP contribution in [0.5, 0.6) is 0 Å². The Kier molecular flexibility index (Phi) is 4.30. The van der Waals surface area contributed by atoms with Gasteiger partial charge in [-0.05, 0) is 46.5 Å². The maximum absolute atomic E-state index is 6.24. The van der Waals surface area contributed by atoms with Crippen molar-refractivity contribution in [3.8, 4) is 0 Å². The van der Waals surface area contributed by atoms with E-state index in [9.17, 15) is 0 Å². The van der Waals surface area contributed by atoms with Crippen molar-refractivity contribution in [2.24, 2.45) is 0 Å². The van der Waals surface area contributed by atoms with E-state index in [-0.39, 0.29) is 0 Å². The molecule has 134 valence electrons. The summed E-state index contributed by atoms with van der Waals surface area (Å²) in [5, 5.41) is 1.56. The van der Waals surface area contributed by atoms with Gasteiger partial charge in [0.15, 0.2) is 0 Å². The van der Waals surface area contributed by atoms with Crippen LogP contribution in [0.2, 0.25) is 23.7 Å². The second-order valence-electron chi connectivity index (χ2n) is 7.77. The zero-order chi connectivity index (χ0) is 19.4. The summed E-state index contributed by atoms with van der Waals surface area (Å²) in [5.41, 5.74) is 10.3. The molecule has 0 N–H and O–H groups in total. The largest absolute Gasteiger partial charge is 0.207 e. The Morgan fingerprint density at radius 1 is 0.500 bits per heavy atom. The van der Waals surface area contributed by atoms with Crippen LogP contribution in [-0.2, 0) is 0 Å². The molecule has 5 rings (SSSR count). The molecule has 0 saturated heterocycles. The number of halogens is 2. The van der Waals surface area contributed by atoms with Gasteiger partial charge in [-0.15, -0.1) is 0 Å². The van der Waals surface area contributed by atoms with Crippen molar-refractivity contribution in [3.63, 3.8) is 0 Å². The lowest BCUT2D eigenvalue weighted by atomic mass is 9.38. The van der Waals surface area contributed by atoms with Gasteiger partial charge in [0.25, 0.3) is 0 Å². The molecule has 0 amide bonds. The normalized spacial score (nSPS) is 14.0. The van der Waals surface area contributed by atoms with Crippen LogP contribution in [0.15, 0.2) is 48.5 Å². The van der Waals surface area contributed by atoms with Gasteiger partial charge in [0.05, 0.1) is 0 Å². The molecule has 0 atom stereocenters. The maximum atomic E-state index is 6.24. The Morgan fingerprint density at radius 2 is 0.857 bits per heavy atom. The number of hydrogen-bond donors (Lipinski definition) is 0. The molecule has 0 saturated carbocycles. The Bertz CT molecular complexity index is 1080. The van der Waals surface area contributed by atoms with Crippen molar-refractivity contribution in [3.05, 3.63) is 80.8 Å². The summed E-state index contributed by atoms with van der Waals surface area (Å²) in [5.74, 6) is 0. The summed E-state index contributed by atoms with van der Waals surface area (Å²) < 4.78 is 0. The Morgan fingerprint density at radius 3 is 1.25 bits per heavy atom. The van der Waals surface area contributed by atoms with Gasteiger partial charge < -0.3 is 0 Å². The van der Waals surface area contributed by atoms with Crippen LogP contribution < -0.4 is 21.9 Å². The highest BCUT2D eigenvalue weighted by Gasteiger charge is 2.26. The van der Waals surface area contributed by atoms with Crippen molar-refractivity contribution in [2.75, 3.05) is 0 Å². The van der Waals surface area contributed by atoms with E-state index in [4.69, 9.17) is 23.2 Å². The third kappa shape index (κ3) is 2.87. The minimum atomic E-state index is 0.311. The second kappa shape index (κ2) is 6.72. The highest BCUT2D eigenvalue weighted by atomic mass is 35.5. The van der Waals surface area contributed by atoms with Gasteiger partial charge in [-0.3, -0.25) is 0 Å². The Hall–Kier alpha value is -2.15. The fourth-order valence-electron chi connectivity index (χ4n) is 4.57. The molecule has 2 aliphatic rings. The molecule has 4 heteroatoms. The predicted molar refractivity (Wildman–Crippen MR) is 129 cm³/mol. The first-order valence-electron chi connectivity index (χ1n) is 9.64. The minimum absolute atomic E-state index is 0.311. The summed E-state index contributed by atoms with van der Waals surface area (Å²) in [6.07, 6.45) is 8.86. The molecule has 0 aromatic heterocycles. The molecule has 0 bridgehead atoms. The molecule has 0 spiro atoms. The fraction of sp³-hybridized carbons (Fsp3) is 0.0833. The highest BCUT2D eigenvalue weighted by Crippen LogP contribution is 2.20. The molecule has 0 aliphatic carbocycles. The monoisotopic (exact) mass is 398 g/mol. The molecule has 2 heterocycles. The van der Waals surface area contributed by atoms with Gasteiger partial charge in [0.2, 0.25) is 13.4 Å². The summed E-state index contributed by atoms with van der Waals surface area (Å²) >= 11 is 12.5. The Labute approximate surface area is 177 Å². The predicted octanol–water partition coefficient (Wildman–Crippen LogP) is 4.44. The average molecular weight is 399 g/mol. The van der Waals surface area contributed by atoms with Crippen LogP contribution in [0.3, 0.4) is 0 Å². The van der Waals surface area contributed by atoms with E-state index in [2.05, 4.69) is 74.3 Å². The first-order valence-corrected chi connectivity index (χ1v) is 10.4. The van der Waals surface area contributed by atoms with Gasteiger partial charge in [-0.25, -0.2) is 0 Å². The number of fused-ring (bicyclic) bond motifs is 4. The van der Waals surface area contributed by atoms with Crippen LogP contribution in [0.25, 0.3) is 24.3 Å². The lowest BCUT2D eigenvalue weighted by Crippen LogP contribution is -2.45. The molecule has 2 aliphatic heterocycles. The van der Waals surface area contributed by atoms with E-state index < -0.39 is 0 Å². The zero-order valence-electron chi connectivity index (χ0n) is 15.8. The first kappa shape index (κ1) is 17.9. The first-order chi connectivity index (χ1) is 13.5. The van der Waals surface area contributed by atoms with E-state index in [1.165, 1.54) is 44.1 Å². The van der Waals surface area contributed by atoms with Gasteiger partial charge in [0, 0.05) is 10.0 Å². The summed E-state index contributed by atoms with van der Waals surface area (Å²) in [6.45, 7) is 5.19. The molecule has 3 aromatic carbocycles. The number of rotatable bonds is 0. The molecular formula is C24H18B2Cl2. The topological polar surface area (TPSA) is 0 Å². The Balaban J connectivity index is 1.69. The van der Waals surface area contributed by atoms with Crippen LogP contribution in [0.1, 0.15) is 22.3 Å². The zero-order valence-corrected chi connectivity index (χ0v) is 17.4. The van der Waals surface area contributed by atoms with Gasteiger partial charge in [-0.1, -0.05) is 107 Å². The smallest absolute Gasteiger partial charge is 0.0843 e. The van der Waals surface area contributed by atoms with Crippen molar-refractivity contribution in [2.45, 2.75) is 13.6 Å². The lowest BCUT2D eigenvalue weighted by molar-refractivity contribution is 1.69. The van der Waals surface area contributed by atoms with Gasteiger partial charge >= 0.3 is 0 Å². The maximum Gasteiger partial charge on any atom is 0.207 e. The molecule has 0 fully saturated rings. The SMILES string of the molecule is CB1c2ccc(Cl)cc2C=Cc2cc3c(cc21)C=Cc1cc(Cl)ccc1B3C. The van der Waals surface area contributed by atoms with Gasteiger partial charge in [-0.2, -0.15) is 0 Å². The van der Waals surface area contributed by atoms with E-state index in [0.717, 1.165) is 10.0 Å². The van der Waals surface area contributed by atoms with Crippen LogP contribution >= 0.6 is 23.2 Å². The van der Waals surface area contributed by atoms with E-state index in [1.807, 2.05) is 12.1 Å². The third-order valence-electron chi connectivity index (χ3n) is 6.14. The quantitative estimate of drug-likeness (QED) is 0.491. The molecule has 0 nitrogen and oxygen atoms in total. The van der Waals surface area contributed by atoms with Crippen molar-refractivity contribution in [1.29, 1.82) is 0 Å². The van der Waals surface area contributed by atoms with Crippen molar-refractivity contribution in [1.82, 2.24) is 0 Å². The van der Waals surface area contributed by atoms with Crippen LogP contribution in [0, 0.1) is 0 Å². The average Bonchev–Trinajstić information content (AvgIpc) is 2.90. The van der Waals surface area contributed by atoms with E-state index in [1.54, 1.807) is 0 Å². The fourth-order valence-corrected chi connectivity index (χ4v) is 4.93. The molecular weight excluding hydrogens is 381 g/mol. The molecule has 3 aromatic rings. The number of hydrogen-bond acceptors (Lipinski definition) is 0. The van der Waals surface area contributed by atoms with E-state index in [0.29, 0.717) is 13.4 Å². The molecule has 0 unspecified atom stereocenters. The summed E-state index contributed by atoms with van der Waals surface area (Å²) in [7, 11) is 0. The summed E-state index contributed by atoms with van der Waals surface area (Å²) in [6, 6.07) is 17.1. The lowest BCUT2D eigenvalue weighted by Gasteiger charge is -2.18. The molecule has 28 heavy (non-hydrogen) atoms. The highest BCUT2D eigenvalue weighted by molar-refractivity contribution is 6.87. The summed E-state index contributed by atoms with van der Waals surface area (Å²) in [4.78, 5) is 0. The van der Waals surface area contributed by atoms with Crippen LogP contribution in [-0.4, -0.2) is 13.4 Å². The van der Waals surface area contributed by atoms with E-state index >= 15 is 0 Å². The minimum Gasteiger partial charge on any atom is -0.0843 e. The standard InChI is InChI=1S/C24H18B2Cl2/c1-25-21-9-7-19(27)11-15(21)3-5-17-14-24-18(13-23(17)25)6-4-16-12-20(28)8-10-22(16)26(24)2/h3-14H,1-2H3. The number of benzene rings is 3. The third-order valence-corrected chi connectivity index (χ3v) is 6.61. The second-order valence-corrected chi connectivity index (χ2v) is 8.64. The van der Waals surface area contributed by atoms with Crippen LogP contribution in [0.4, 0.5) is 0 Å².